The highest BCUT2D eigenvalue weighted by Crippen LogP contribution is 2.23. The molecule has 1 fully saturated rings. The summed E-state index contributed by atoms with van der Waals surface area (Å²) in [7, 11) is -3.02. The molecule has 1 aliphatic heterocycles. The Hall–Kier alpha value is -0.880. The van der Waals surface area contributed by atoms with Gasteiger partial charge in [0.25, 0.3) is 0 Å². The van der Waals surface area contributed by atoms with Crippen LogP contribution in [0.5, 0.6) is 0 Å². The molecule has 1 saturated heterocycles. The van der Waals surface area contributed by atoms with Crippen molar-refractivity contribution in [2.24, 2.45) is 5.92 Å². The molecule has 1 aromatic heterocycles. The van der Waals surface area contributed by atoms with Gasteiger partial charge in [-0.25, -0.2) is 17.7 Å². The van der Waals surface area contributed by atoms with E-state index in [2.05, 4.69) is 23.4 Å². The first-order valence-corrected chi connectivity index (χ1v) is 9.22. The lowest BCUT2D eigenvalue weighted by molar-refractivity contribution is 0.270. The number of aryl methyl sites for hydroxylation is 1. The van der Waals surface area contributed by atoms with Crippen LogP contribution < -0.4 is 0 Å². The van der Waals surface area contributed by atoms with Crippen LogP contribution in [0.4, 0.5) is 0 Å². The predicted octanol–water partition coefficient (Wildman–Crippen LogP) is 1.82. The molecular formula is C14H25N3O2S. The second-order valence-electron chi connectivity index (χ2n) is 5.78. The average molecular weight is 299 g/mol. The lowest BCUT2D eigenvalue weighted by Crippen LogP contribution is -2.38. The van der Waals surface area contributed by atoms with E-state index in [9.17, 15) is 8.42 Å². The Balaban J connectivity index is 1.96. The van der Waals surface area contributed by atoms with Gasteiger partial charge in [-0.1, -0.05) is 6.92 Å². The van der Waals surface area contributed by atoms with Crippen LogP contribution in [0.25, 0.3) is 0 Å². The Bertz CT molecular complexity index is 543. The van der Waals surface area contributed by atoms with E-state index in [-0.39, 0.29) is 0 Å². The number of nitrogens with zero attached hydrogens (tertiary/aromatic N) is 3. The maximum absolute atomic E-state index is 11.5. The van der Waals surface area contributed by atoms with Crippen LogP contribution in [0.3, 0.4) is 0 Å². The molecule has 6 heteroatoms. The molecule has 1 aliphatic rings. The van der Waals surface area contributed by atoms with Crippen LogP contribution in [-0.2, 0) is 23.0 Å². The summed E-state index contributed by atoms with van der Waals surface area (Å²) in [4.78, 5) is 4.53. The molecule has 0 radical (unpaired) electrons. The van der Waals surface area contributed by atoms with Crippen LogP contribution in [0.15, 0.2) is 6.20 Å². The molecule has 0 bridgehead atoms. The molecule has 2 rings (SSSR count). The van der Waals surface area contributed by atoms with E-state index in [1.807, 2.05) is 6.20 Å². The van der Waals surface area contributed by atoms with Crippen LogP contribution in [0.2, 0.25) is 0 Å². The Kier molecular flexibility index (Phi) is 4.86. The van der Waals surface area contributed by atoms with Crippen molar-refractivity contribution in [3.8, 4) is 0 Å². The summed E-state index contributed by atoms with van der Waals surface area (Å²) in [6, 6.07) is 0. The van der Waals surface area contributed by atoms with Crippen molar-refractivity contribution < 1.29 is 8.42 Å². The van der Waals surface area contributed by atoms with E-state index >= 15 is 0 Å². The molecule has 0 N–H and O–H groups in total. The minimum absolute atomic E-state index is 0.547. The van der Waals surface area contributed by atoms with E-state index in [4.69, 9.17) is 0 Å². The Morgan fingerprint density at radius 1 is 1.35 bits per heavy atom. The summed E-state index contributed by atoms with van der Waals surface area (Å²) in [6.07, 6.45) is 7.18. The highest BCUT2D eigenvalue weighted by molar-refractivity contribution is 7.88. The van der Waals surface area contributed by atoms with Gasteiger partial charge < -0.3 is 4.57 Å². The van der Waals surface area contributed by atoms with Gasteiger partial charge in [0, 0.05) is 37.9 Å². The van der Waals surface area contributed by atoms with Crippen molar-refractivity contribution in [1.82, 2.24) is 13.9 Å². The van der Waals surface area contributed by atoms with Crippen molar-refractivity contribution in [2.75, 3.05) is 19.3 Å². The maximum atomic E-state index is 11.5. The second kappa shape index (κ2) is 6.26. The van der Waals surface area contributed by atoms with Crippen molar-refractivity contribution in [3.63, 3.8) is 0 Å². The Labute approximate surface area is 122 Å². The third-order valence-corrected chi connectivity index (χ3v) is 5.40. The fourth-order valence-corrected chi connectivity index (χ4v) is 3.78. The number of hydrogen-bond donors (Lipinski definition) is 0. The molecule has 0 unspecified atom stereocenters. The normalized spacial score (nSPS) is 18.6. The van der Waals surface area contributed by atoms with Crippen LogP contribution in [-0.4, -0.2) is 41.6 Å². The van der Waals surface area contributed by atoms with Gasteiger partial charge >= 0.3 is 0 Å². The van der Waals surface area contributed by atoms with Gasteiger partial charge in [-0.3, -0.25) is 0 Å². The fourth-order valence-electron chi connectivity index (χ4n) is 2.91. The first-order valence-electron chi connectivity index (χ1n) is 7.38. The molecule has 0 aromatic carbocycles. The lowest BCUT2D eigenvalue weighted by atomic mass is 9.94. The zero-order valence-electron chi connectivity index (χ0n) is 12.7. The fraction of sp³-hybridized carbons (Fsp3) is 0.786. The van der Waals surface area contributed by atoms with Gasteiger partial charge in [-0.05, 0) is 32.1 Å². The summed E-state index contributed by atoms with van der Waals surface area (Å²) < 4.78 is 26.9. The molecule has 0 aliphatic carbocycles. The molecule has 0 atom stereocenters. The van der Waals surface area contributed by atoms with Crippen molar-refractivity contribution in [3.05, 3.63) is 17.7 Å². The summed E-state index contributed by atoms with van der Waals surface area (Å²) in [6.45, 7) is 6.59. The molecule has 0 spiro atoms. The predicted molar refractivity (Wildman–Crippen MR) is 80.1 cm³/mol. The van der Waals surface area contributed by atoms with Crippen LogP contribution in [0, 0.1) is 12.8 Å². The summed E-state index contributed by atoms with van der Waals surface area (Å²) in [5.74, 6) is 1.70. The largest absolute Gasteiger partial charge is 0.332 e. The van der Waals surface area contributed by atoms with Gasteiger partial charge in [-0.2, -0.15) is 0 Å². The first kappa shape index (κ1) is 15.5. The third-order valence-electron chi connectivity index (χ3n) is 4.10. The summed E-state index contributed by atoms with van der Waals surface area (Å²) >= 11 is 0. The molecule has 114 valence electrons. The van der Waals surface area contributed by atoms with Gasteiger partial charge in [0.15, 0.2) is 0 Å². The van der Waals surface area contributed by atoms with Crippen molar-refractivity contribution in [1.29, 1.82) is 0 Å². The zero-order valence-corrected chi connectivity index (χ0v) is 13.5. The monoisotopic (exact) mass is 299 g/mol. The quantitative estimate of drug-likeness (QED) is 0.833. The number of hydrogen-bond acceptors (Lipinski definition) is 3. The van der Waals surface area contributed by atoms with E-state index in [0.717, 1.165) is 38.1 Å². The number of piperidine rings is 1. The van der Waals surface area contributed by atoms with E-state index in [1.54, 1.807) is 4.31 Å². The minimum Gasteiger partial charge on any atom is -0.332 e. The summed E-state index contributed by atoms with van der Waals surface area (Å²) in [5, 5.41) is 0. The highest BCUT2D eigenvalue weighted by Gasteiger charge is 2.25. The van der Waals surface area contributed by atoms with E-state index in [0.29, 0.717) is 19.0 Å². The smallest absolute Gasteiger partial charge is 0.211 e. The molecule has 20 heavy (non-hydrogen) atoms. The van der Waals surface area contributed by atoms with Gasteiger partial charge in [0.2, 0.25) is 10.0 Å². The Morgan fingerprint density at radius 2 is 2.00 bits per heavy atom. The first-order chi connectivity index (χ1) is 9.41. The SMILES string of the molecule is CCCn1c(C)cnc1CC1CCN(S(C)(=O)=O)CC1. The third kappa shape index (κ3) is 3.61. The number of sulfonamides is 1. The van der Waals surface area contributed by atoms with Gasteiger partial charge in [0.1, 0.15) is 5.82 Å². The summed E-state index contributed by atoms with van der Waals surface area (Å²) in [5.41, 5.74) is 1.22. The van der Waals surface area contributed by atoms with Crippen molar-refractivity contribution >= 4 is 10.0 Å². The topological polar surface area (TPSA) is 55.2 Å². The standard InChI is InChI=1S/C14H25N3O2S/c1-4-7-17-12(2)11-15-14(17)10-13-5-8-16(9-6-13)20(3,18)19/h11,13H,4-10H2,1-3H3. The highest BCUT2D eigenvalue weighted by atomic mass is 32.2. The second-order valence-corrected chi connectivity index (χ2v) is 7.76. The minimum atomic E-state index is -3.02. The molecule has 5 nitrogen and oxygen atoms in total. The van der Waals surface area contributed by atoms with Crippen LogP contribution in [0.1, 0.15) is 37.7 Å². The van der Waals surface area contributed by atoms with Crippen LogP contribution >= 0.6 is 0 Å². The number of aromatic nitrogens is 2. The van der Waals surface area contributed by atoms with Gasteiger partial charge in [0.05, 0.1) is 6.26 Å². The molecule has 0 amide bonds. The zero-order chi connectivity index (χ0) is 14.8. The molecule has 2 heterocycles. The maximum Gasteiger partial charge on any atom is 0.211 e. The molecular weight excluding hydrogens is 274 g/mol. The van der Waals surface area contributed by atoms with Crippen molar-refractivity contribution in [2.45, 2.75) is 46.1 Å². The number of rotatable bonds is 5. The molecule has 1 aromatic rings. The lowest BCUT2D eigenvalue weighted by Gasteiger charge is -2.30. The molecule has 0 saturated carbocycles. The average Bonchev–Trinajstić information content (AvgIpc) is 2.72. The number of imidazole rings is 1. The Morgan fingerprint density at radius 3 is 2.55 bits per heavy atom. The van der Waals surface area contributed by atoms with E-state index < -0.39 is 10.0 Å². The van der Waals surface area contributed by atoms with Gasteiger partial charge in [-0.15, -0.1) is 0 Å². The van der Waals surface area contributed by atoms with E-state index in [1.165, 1.54) is 11.9 Å².